The Labute approximate surface area is 159 Å². The van der Waals surface area contributed by atoms with E-state index in [1.165, 1.54) is 40.7 Å². The Morgan fingerprint density at radius 1 is 1.04 bits per heavy atom. The van der Waals surface area contributed by atoms with Crippen molar-refractivity contribution in [3.63, 3.8) is 0 Å². The number of morpholine rings is 1. The van der Waals surface area contributed by atoms with Crippen LogP contribution in [0.5, 0.6) is 0 Å². The highest BCUT2D eigenvalue weighted by molar-refractivity contribution is 7.89. The van der Waals surface area contributed by atoms with Crippen LogP contribution in [0.3, 0.4) is 0 Å². The second kappa shape index (κ2) is 9.59. The predicted octanol–water partition coefficient (Wildman–Crippen LogP) is 3.13. The molecular weight excluding hydrogens is 371 g/mol. The third-order valence-corrected chi connectivity index (χ3v) is 5.80. The lowest BCUT2D eigenvalue weighted by molar-refractivity contribution is 0.0730. The van der Waals surface area contributed by atoms with Crippen LogP contribution in [0.1, 0.15) is 24.2 Å². The fraction of sp³-hybridized carbons (Fsp3) is 0.316. The maximum Gasteiger partial charge on any atom is 0.258 e. The van der Waals surface area contributed by atoms with Gasteiger partial charge in [0, 0.05) is 13.1 Å². The number of anilines is 1. The van der Waals surface area contributed by atoms with Gasteiger partial charge in [0.05, 0.1) is 24.5 Å². The summed E-state index contributed by atoms with van der Waals surface area (Å²) in [5.74, 6) is -1.38. The molecule has 1 heterocycles. The third kappa shape index (κ3) is 4.91. The van der Waals surface area contributed by atoms with E-state index in [-0.39, 0.29) is 29.2 Å². The van der Waals surface area contributed by atoms with Crippen LogP contribution in [0.25, 0.3) is 0 Å². The van der Waals surface area contributed by atoms with E-state index in [0.717, 1.165) is 0 Å². The van der Waals surface area contributed by atoms with E-state index < -0.39 is 21.7 Å². The van der Waals surface area contributed by atoms with Crippen LogP contribution in [0.15, 0.2) is 53.4 Å². The number of halogens is 1. The van der Waals surface area contributed by atoms with Crippen molar-refractivity contribution in [3.05, 3.63) is 59.9 Å². The Bertz CT molecular complexity index is 881. The van der Waals surface area contributed by atoms with Gasteiger partial charge in [0.2, 0.25) is 10.0 Å². The smallest absolute Gasteiger partial charge is 0.258 e. The summed E-state index contributed by atoms with van der Waals surface area (Å²) in [5.41, 5.74) is -0.0386. The van der Waals surface area contributed by atoms with E-state index in [2.05, 4.69) is 5.32 Å². The van der Waals surface area contributed by atoms with Crippen LogP contribution in [0.4, 0.5) is 10.1 Å². The molecule has 0 aliphatic carbocycles. The molecule has 146 valence electrons. The number of sulfonamides is 1. The standard InChI is InChI=1S/C17H17FN2O4S.C2H6/c18-14-6-2-1-5-13(14)17(21)19-15-7-3-4-8-16(15)25(22,23)20-9-11-24-12-10-20;1-2/h1-8H,9-12H2,(H,19,21);1-2H3. The summed E-state index contributed by atoms with van der Waals surface area (Å²) in [6, 6.07) is 11.6. The second-order valence-corrected chi connectivity index (χ2v) is 7.35. The van der Waals surface area contributed by atoms with Crippen LogP contribution < -0.4 is 5.32 Å². The molecule has 1 aliphatic rings. The molecule has 0 radical (unpaired) electrons. The van der Waals surface area contributed by atoms with Crippen LogP contribution in [-0.4, -0.2) is 44.9 Å². The molecule has 2 aromatic rings. The number of rotatable bonds is 4. The Balaban J connectivity index is 0.00000126. The van der Waals surface area contributed by atoms with E-state index in [9.17, 15) is 17.6 Å². The molecule has 1 N–H and O–H groups in total. The maximum absolute atomic E-state index is 13.8. The van der Waals surface area contributed by atoms with Gasteiger partial charge in [-0.25, -0.2) is 12.8 Å². The number of nitrogens with zero attached hydrogens (tertiary/aromatic N) is 1. The normalized spacial score (nSPS) is 14.8. The molecule has 1 fully saturated rings. The lowest BCUT2D eigenvalue weighted by Crippen LogP contribution is -2.40. The molecule has 6 nitrogen and oxygen atoms in total. The molecule has 1 aliphatic heterocycles. The van der Waals surface area contributed by atoms with E-state index in [0.29, 0.717) is 13.2 Å². The Morgan fingerprint density at radius 2 is 1.63 bits per heavy atom. The SMILES string of the molecule is CC.O=C(Nc1ccccc1S(=O)(=O)N1CCOCC1)c1ccccc1F. The number of nitrogens with one attached hydrogen (secondary N) is 1. The number of hydrogen-bond donors (Lipinski definition) is 1. The average Bonchev–Trinajstić information content (AvgIpc) is 2.71. The van der Waals surface area contributed by atoms with Crippen LogP contribution in [0.2, 0.25) is 0 Å². The highest BCUT2D eigenvalue weighted by Crippen LogP contribution is 2.25. The highest BCUT2D eigenvalue weighted by atomic mass is 32.2. The molecule has 0 aromatic heterocycles. The largest absolute Gasteiger partial charge is 0.379 e. The van der Waals surface area contributed by atoms with Gasteiger partial charge < -0.3 is 10.1 Å². The molecular formula is C19H23FN2O4S. The third-order valence-electron chi connectivity index (χ3n) is 3.84. The van der Waals surface area contributed by atoms with Crippen LogP contribution >= 0.6 is 0 Å². The summed E-state index contributed by atoms with van der Waals surface area (Å²) in [5, 5.41) is 2.50. The number of carbonyl (C=O) groups excluding carboxylic acids is 1. The molecule has 2 aromatic carbocycles. The summed E-state index contributed by atoms with van der Waals surface area (Å²) >= 11 is 0. The number of hydrogen-bond acceptors (Lipinski definition) is 4. The number of para-hydroxylation sites is 1. The van der Waals surface area contributed by atoms with Crippen LogP contribution in [-0.2, 0) is 14.8 Å². The van der Waals surface area contributed by atoms with E-state index in [4.69, 9.17) is 4.74 Å². The summed E-state index contributed by atoms with van der Waals surface area (Å²) in [6.45, 7) is 5.14. The zero-order valence-electron chi connectivity index (χ0n) is 15.3. The minimum absolute atomic E-state index is 0.0263. The first-order valence-electron chi connectivity index (χ1n) is 8.73. The number of benzene rings is 2. The average molecular weight is 394 g/mol. The van der Waals surface area contributed by atoms with Crippen molar-refractivity contribution in [2.75, 3.05) is 31.6 Å². The Kier molecular flexibility index (Phi) is 7.46. The molecule has 1 amide bonds. The van der Waals surface area contributed by atoms with Crippen molar-refractivity contribution < 1.29 is 22.3 Å². The van der Waals surface area contributed by atoms with Gasteiger partial charge in [-0.1, -0.05) is 38.1 Å². The molecule has 1 saturated heterocycles. The molecule has 0 atom stereocenters. The van der Waals surface area contributed by atoms with Crippen molar-refractivity contribution in [2.45, 2.75) is 18.7 Å². The molecule has 0 saturated carbocycles. The quantitative estimate of drug-likeness (QED) is 0.865. The molecule has 8 heteroatoms. The zero-order valence-corrected chi connectivity index (χ0v) is 16.1. The Morgan fingerprint density at radius 3 is 2.30 bits per heavy atom. The fourth-order valence-corrected chi connectivity index (χ4v) is 4.11. The molecule has 27 heavy (non-hydrogen) atoms. The molecule has 0 spiro atoms. The lowest BCUT2D eigenvalue weighted by atomic mass is 10.2. The lowest BCUT2D eigenvalue weighted by Gasteiger charge is -2.26. The molecule has 0 bridgehead atoms. The van der Waals surface area contributed by atoms with Crippen molar-refractivity contribution >= 4 is 21.6 Å². The number of ether oxygens (including phenoxy) is 1. The summed E-state index contributed by atoms with van der Waals surface area (Å²) in [7, 11) is -3.79. The summed E-state index contributed by atoms with van der Waals surface area (Å²) in [6.07, 6.45) is 0. The first kappa shape index (κ1) is 21.0. The van der Waals surface area contributed by atoms with Gasteiger partial charge in [-0.2, -0.15) is 4.31 Å². The molecule has 3 rings (SSSR count). The predicted molar refractivity (Wildman–Crippen MR) is 102 cm³/mol. The van der Waals surface area contributed by atoms with Gasteiger partial charge in [-0.05, 0) is 24.3 Å². The summed E-state index contributed by atoms with van der Waals surface area (Å²) in [4.78, 5) is 12.3. The highest BCUT2D eigenvalue weighted by Gasteiger charge is 2.29. The van der Waals surface area contributed by atoms with Crippen molar-refractivity contribution in [1.82, 2.24) is 4.31 Å². The zero-order chi connectivity index (χ0) is 19.9. The number of carbonyl (C=O) groups is 1. The minimum atomic E-state index is -3.79. The van der Waals surface area contributed by atoms with E-state index in [1.54, 1.807) is 12.1 Å². The van der Waals surface area contributed by atoms with Crippen molar-refractivity contribution in [2.24, 2.45) is 0 Å². The van der Waals surface area contributed by atoms with Crippen molar-refractivity contribution in [3.8, 4) is 0 Å². The fourth-order valence-electron chi connectivity index (χ4n) is 2.56. The van der Waals surface area contributed by atoms with Gasteiger partial charge in [-0.15, -0.1) is 0 Å². The van der Waals surface area contributed by atoms with E-state index in [1.807, 2.05) is 13.8 Å². The van der Waals surface area contributed by atoms with E-state index >= 15 is 0 Å². The maximum atomic E-state index is 13.8. The first-order valence-corrected chi connectivity index (χ1v) is 10.2. The second-order valence-electron chi connectivity index (χ2n) is 5.45. The van der Waals surface area contributed by atoms with Crippen molar-refractivity contribution in [1.29, 1.82) is 0 Å². The minimum Gasteiger partial charge on any atom is -0.379 e. The Hall–Kier alpha value is -2.29. The van der Waals surface area contributed by atoms with Crippen LogP contribution in [0, 0.1) is 5.82 Å². The number of amides is 1. The topological polar surface area (TPSA) is 75.7 Å². The van der Waals surface area contributed by atoms with Gasteiger partial charge in [0.25, 0.3) is 5.91 Å². The van der Waals surface area contributed by atoms with Gasteiger partial charge >= 0.3 is 0 Å². The van der Waals surface area contributed by atoms with Gasteiger partial charge in [-0.3, -0.25) is 4.79 Å². The first-order chi connectivity index (χ1) is 13.0. The summed E-state index contributed by atoms with van der Waals surface area (Å²) < 4.78 is 45.9. The van der Waals surface area contributed by atoms with Gasteiger partial charge in [0.1, 0.15) is 10.7 Å². The van der Waals surface area contributed by atoms with Gasteiger partial charge in [0.15, 0.2) is 0 Å². The monoisotopic (exact) mass is 394 g/mol. The molecule has 0 unspecified atom stereocenters.